The van der Waals surface area contributed by atoms with Crippen molar-refractivity contribution in [2.45, 2.75) is 39.5 Å². The third kappa shape index (κ3) is 6.25. The number of carbonyl (C=O) groups is 1. The van der Waals surface area contributed by atoms with Crippen molar-refractivity contribution in [3.8, 4) is 11.5 Å². The molecule has 2 aromatic carbocycles. The Bertz CT molecular complexity index is 719. The van der Waals surface area contributed by atoms with Gasteiger partial charge in [-0.3, -0.25) is 4.79 Å². The van der Waals surface area contributed by atoms with Crippen LogP contribution in [0.2, 0.25) is 5.02 Å². The number of hydrogen-bond acceptors (Lipinski definition) is 3. The van der Waals surface area contributed by atoms with Gasteiger partial charge in [0.15, 0.2) is 6.10 Å². The maximum atomic E-state index is 12.2. The van der Waals surface area contributed by atoms with Gasteiger partial charge < -0.3 is 14.8 Å². The van der Waals surface area contributed by atoms with E-state index < -0.39 is 6.10 Å². The standard InChI is InChI=1S/C19H21BrClNO3/c1-12(2)24-16-7-4-14(5-8-16)11-22-19(23)13(3)25-18-9-6-15(21)10-17(18)20/h4-10,12-13H,11H2,1-3H3,(H,22,23). The predicted molar refractivity (Wildman–Crippen MR) is 103 cm³/mol. The molecule has 2 aromatic rings. The van der Waals surface area contributed by atoms with E-state index >= 15 is 0 Å². The van der Waals surface area contributed by atoms with Crippen molar-refractivity contribution in [1.82, 2.24) is 5.32 Å². The van der Waals surface area contributed by atoms with Gasteiger partial charge in [-0.05, 0) is 72.6 Å². The summed E-state index contributed by atoms with van der Waals surface area (Å²) >= 11 is 9.27. The molecule has 0 fully saturated rings. The molecule has 1 unspecified atom stereocenters. The van der Waals surface area contributed by atoms with Crippen molar-refractivity contribution in [3.63, 3.8) is 0 Å². The summed E-state index contributed by atoms with van der Waals surface area (Å²) in [6, 6.07) is 12.8. The zero-order chi connectivity index (χ0) is 18.4. The highest BCUT2D eigenvalue weighted by Gasteiger charge is 2.15. The lowest BCUT2D eigenvalue weighted by atomic mass is 10.2. The fourth-order valence-electron chi connectivity index (χ4n) is 2.11. The van der Waals surface area contributed by atoms with Crippen LogP contribution in [0.25, 0.3) is 0 Å². The molecule has 25 heavy (non-hydrogen) atoms. The molecular weight excluding hydrogens is 406 g/mol. The van der Waals surface area contributed by atoms with E-state index in [0.29, 0.717) is 21.8 Å². The molecule has 1 amide bonds. The predicted octanol–water partition coefficient (Wildman–Crippen LogP) is 4.97. The van der Waals surface area contributed by atoms with Crippen LogP contribution in [0.4, 0.5) is 0 Å². The maximum absolute atomic E-state index is 12.2. The quantitative estimate of drug-likeness (QED) is 0.680. The lowest BCUT2D eigenvalue weighted by Gasteiger charge is -2.16. The van der Waals surface area contributed by atoms with Crippen LogP contribution in [0, 0.1) is 0 Å². The van der Waals surface area contributed by atoms with Gasteiger partial charge in [0.25, 0.3) is 5.91 Å². The van der Waals surface area contributed by atoms with Crippen LogP contribution in [-0.2, 0) is 11.3 Å². The van der Waals surface area contributed by atoms with Gasteiger partial charge in [-0.15, -0.1) is 0 Å². The highest BCUT2D eigenvalue weighted by atomic mass is 79.9. The number of hydrogen-bond donors (Lipinski definition) is 1. The van der Waals surface area contributed by atoms with Crippen molar-refractivity contribution in [3.05, 3.63) is 57.5 Å². The van der Waals surface area contributed by atoms with Crippen LogP contribution in [0.1, 0.15) is 26.3 Å². The number of nitrogens with one attached hydrogen (secondary N) is 1. The number of ether oxygens (including phenoxy) is 2. The Morgan fingerprint density at radius 2 is 1.80 bits per heavy atom. The molecule has 0 saturated carbocycles. The van der Waals surface area contributed by atoms with Crippen LogP contribution in [0.5, 0.6) is 11.5 Å². The van der Waals surface area contributed by atoms with Crippen LogP contribution >= 0.6 is 27.5 Å². The molecule has 134 valence electrons. The summed E-state index contributed by atoms with van der Waals surface area (Å²) in [6.45, 7) is 6.09. The molecule has 0 bridgehead atoms. The molecule has 0 aromatic heterocycles. The van der Waals surface area contributed by atoms with Crippen LogP contribution < -0.4 is 14.8 Å². The van der Waals surface area contributed by atoms with Gasteiger partial charge in [0.05, 0.1) is 10.6 Å². The fourth-order valence-corrected chi connectivity index (χ4v) is 2.88. The number of halogens is 2. The number of rotatable bonds is 7. The monoisotopic (exact) mass is 425 g/mol. The molecule has 0 aliphatic carbocycles. The summed E-state index contributed by atoms with van der Waals surface area (Å²) in [4.78, 5) is 12.2. The second-order valence-corrected chi connectivity index (χ2v) is 7.15. The van der Waals surface area contributed by atoms with Gasteiger partial charge in [0.2, 0.25) is 0 Å². The largest absolute Gasteiger partial charge is 0.491 e. The average molecular weight is 427 g/mol. The lowest BCUT2D eigenvalue weighted by Crippen LogP contribution is -2.35. The maximum Gasteiger partial charge on any atom is 0.261 e. The second-order valence-electron chi connectivity index (χ2n) is 5.86. The van der Waals surface area contributed by atoms with Crippen molar-refractivity contribution >= 4 is 33.4 Å². The molecule has 0 spiro atoms. The van der Waals surface area contributed by atoms with Crippen molar-refractivity contribution in [2.75, 3.05) is 0 Å². The van der Waals surface area contributed by atoms with E-state index in [0.717, 1.165) is 11.3 Å². The molecule has 0 heterocycles. The molecule has 0 saturated heterocycles. The summed E-state index contributed by atoms with van der Waals surface area (Å²) in [5.41, 5.74) is 0.990. The molecule has 0 radical (unpaired) electrons. The first-order valence-electron chi connectivity index (χ1n) is 8.00. The third-order valence-corrected chi connectivity index (χ3v) is 4.18. The Morgan fingerprint density at radius 1 is 1.12 bits per heavy atom. The molecule has 0 aliphatic heterocycles. The summed E-state index contributed by atoms with van der Waals surface area (Å²) in [5, 5.41) is 3.46. The summed E-state index contributed by atoms with van der Waals surface area (Å²) < 4.78 is 12.0. The summed E-state index contributed by atoms with van der Waals surface area (Å²) in [6.07, 6.45) is -0.489. The Labute approximate surface area is 161 Å². The molecule has 0 aliphatic rings. The Hall–Kier alpha value is -1.72. The highest BCUT2D eigenvalue weighted by molar-refractivity contribution is 9.10. The third-order valence-electron chi connectivity index (χ3n) is 3.33. The van der Waals surface area contributed by atoms with Gasteiger partial charge in [-0.25, -0.2) is 0 Å². The van der Waals surface area contributed by atoms with E-state index in [2.05, 4.69) is 21.2 Å². The van der Waals surface area contributed by atoms with E-state index in [9.17, 15) is 4.79 Å². The lowest BCUT2D eigenvalue weighted by molar-refractivity contribution is -0.127. The fraction of sp³-hybridized carbons (Fsp3) is 0.316. The first-order chi connectivity index (χ1) is 11.8. The minimum absolute atomic E-state index is 0.135. The minimum atomic E-state index is -0.624. The Balaban J connectivity index is 1.86. The molecule has 4 nitrogen and oxygen atoms in total. The number of amides is 1. The van der Waals surface area contributed by atoms with Crippen molar-refractivity contribution < 1.29 is 14.3 Å². The van der Waals surface area contributed by atoms with Crippen LogP contribution in [0.3, 0.4) is 0 Å². The SMILES string of the molecule is CC(C)Oc1ccc(CNC(=O)C(C)Oc2ccc(Cl)cc2Br)cc1. The van der Waals surface area contributed by atoms with Crippen LogP contribution in [0.15, 0.2) is 46.9 Å². The molecular formula is C19H21BrClNO3. The van der Waals surface area contributed by atoms with Gasteiger partial charge in [0.1, 0.15) is 11.5 Å². The molecule has 1 N–H and O–H groups in total. The van der Waals surface area contributed by atoms with Crippen molar-refractivity contribution in [2.24, 2.45) is 0 Å². The molecule has 6 heteroatoms. The van der Waals surface area contributed by atoms with E-state index in [1.807, 2.05) is 38.1 Å². The van der Waals surface area contributed by atoms with E-state index in [1.165, 1.54) is 0 Å². The average Bonchev–Trinajstić information content (AvgIpc) is 2.56. The van der Waals surface area contributed by atoms with E-state index in [1.54, 1.807) is 25.1 Å². The van der Waals surface area contributed by atoms with Crippen LogP contribution in [-0.4, -0.2) is 18.1 Å². The number of benzene rings is 2. The molecule has 1 atom stereocenters. The topological polar surface area (TPSA) is 47.6 Å². The minimum Gasteiger partial charge on any atom is -0.491 e. The zero-order valence-corrected chi connectivity index (χ0v) is 16.7. The summed E-state index contributed by atoms with van der Waals surface area (Å²) in [5.74, 6) is 1.20. The van der Waals surface area contributed by atoms with Gasteiger partial charge in [0, 0.05) is 11.6 Å². The smallest absolute Gasteiger partial charge is 0.261 e. The zero-order valence-electron chi connectivity index (χ0n) is 14.4. The van der Waals surface area contributed by atoms with Gasteiger partial charge in [-0.2, -0.15) is 0 Å². The first kappa shape index (κ1) is 19.6. The van der Waals surface area contributed by atoms with E-state index in [-0.39, 0.29) is 12.0 Å². The van der Waals surface area contributed by atoms with Gasteiger partial charge in [-0.1, -0.05) is 23.7 Å². The molecule has 2 rings (SSSR count). The number of carbonyl (C=O) groups excluding carboxylic acids is 1. The first-order valence-corrected chi connectivity index (χ1v) is 9.17. The summed E-state index contributed by atoms with van der Waals surface area (Å²) in [7, 11) is 0. The van der Waals surface area contributed by atoms with E-state index in [4.69, 9.17) is 21.1 Å². The normalized spacial score (nSPS) is 11.9. The Kier molecular flexibility index (Phi) is 7.14. The van der Waals surface area contributed by atoms with Crippen molar-refractivity contribution in [1.29, 1.82) is 0 Å². The highest BCUT2D eigenvalue weighted by Crippen LogP contribution is 2.28. The second kappa shape index (κ2) is 9.11. The Morgan fingerprint density at radius 3 is 2.40 bits per heavy atom. The van der Waals surface area contributed by atoms with Gasteiger partial charge >= 0.3 is 0 Å².